The molecule has 0 aliphatic carbocycles. The van der Waals surface area contributed by atoms with Gasteiger partial charge in [0.2, 0.25) is 23.6 Å². The van der Waals surface area contributed by atoms with E-state index in [2.05, 4.69) is 36.6 Å². The van der Waals surface area contributed by atoms with Gasteiger partial charge in [-0.2, -0.15) is 0 Å². The lowest BCUT2D eigenvalue weighted by Crippen LogP contribution is -2.56. The molecule has 6 N–H and O–H groups in total. The van der Waals surface area contributed by atoms with Gasteiger partial charge in [-0.3, -0.25) is 24.0 Å². The number of aromatic amines is 1. The van der Waals surface area contributed by atoms with Gasteiger partial charge in [-0.25, -0.2) is 9.78 Å². The van der Waals surface area contributed by atoms with E-state index >= 15 is 0 Å². The molecule has 42 heavy (non-hydrogen) atoms. The number of amides is 5. The summed E-state index contributed by atoms with van der Waals surface area (Å²) in [5, 5.41) is 13.2. The molecule has 14 nitrogen and oxygen atoms in total. The fourth-order valence-corrected chi connectivity index (χ4v) is 3.91. The fraction of sp³-hybridized carbons (Fsp3) is 0.667. The predicted molar refractivity (Wildman–Crippen MR) is 159 cm³/mol. The molecule has 1 rings (SSSR count). The van der Waals surface area contributed by atoms with Crippen LogP contribution >= 0.6 is 0 Å². The monoisotopic (exact) mass is 588 g/mol. The average molecular weight is 589 g/mol. The van der Waals surface area contributed by atoms with Crippen molar-refractivity contribution in [3.63, 3.8) is 0 Å². The van der Waals surface area contributed by atoms with Gasteiger partial charge in [0.15, 0.2) is 0 Å². The Morgan fingerprint density at radius 2 is 1.67 bits per heavy atom. The lowest BCUT2D eigenvalue weighted by Gasteiger charge is -2.25. The van der Waals surface area contributed by atoms with Crippen LogP contribution in [0.2, 0.25) is 0 Å². The number of unbranched alkanes of at least 4 members (excludes halogenated alkanes) is 3. The van der Waals surface area contributed by atoms with Crippen LogP contribution in [-0.4, -0.2) is 105 Å². The molecule has 0 saturated carbocycles. The van der Waals surface area contributed by atoms with Gasteiger partial charge in [0, 0.05) is 25.4 Å². The fourth-order valence-electron chi connectivity index (χ4n) is 3.91. The van der Waals surface area contributed by atoms with Crippen molar-refractivity contribution in [3.05, 3.63) is 28.4 Å². The number of aromatic nitrogens is 2. The molecule has 0 unspecified atom stereocenters. The summed E-state index contributed by atoms with van der Waals surface area (Å²) in [6, 6.07) is -1.72. The number of carbonyl (C=O) groups is 5. The maximum atomic E-state index is 13.2. The summed E-state index contributed by atoms with van der Waals surface area (Å²) in [5.41, 5.74) is -0.287. The second-order valence-electron chi connectivity index (χ2n) is 10.5. The number of rotatable bonds is 20. The molecule has 1 heterocycles. The van der Waals surface area contributed by atoms with Crippen molar-refractivity contribution in [1.82, 2.24) is 41.5 Å². The number of nitrogens with one attached hydrogen (secondary N) is 6. The van der Waals surface area contributed by atoms with Crippen molar-refractivity contribution in [2.75, 3.05) is 40.2 Å². The molecule has 0 aliphatic heterocycles. The van der Waals surface area contributed by atoms with Crippen molar-refractivity contribution >= 4 is 37.4 Å². The third-order valence-electron chi connectivity index (χ3n) is 6.27. The lowest BCUT2D eigenvalue weighted by atomic mass is 10.0. The minimum atomic E-state index is -0.870. The van der Waals surface area contributed by atoms with E-state index in [9.17, 15) is 28.8 Å². The smallest absolute Gasteiger partial charge is 0.344 e. The molecule has 232 valence electrons. The number of hydrogen-bond acceptors (Lipinski definition) is 8. The Bertz CT molecular complexity index is 1060. The van der Waals surface area contributed by atoms with E-state index in [0.717, 1.165) is 13.0 Å². The Morgan fingerprint density at radius 1 is 0.929 bits per heavy atom. The Hall–Kier alpha value is -3.75. The number of nitrogens with zero attached hydrogens (tertiary/aromatic N) is 2. The molecule has 0 aromatic carbocycles. The SMILES string of the molecule is [B]CNC(=O)CNC(=O)[C@H](CCCCN(C)C)NC(=O)[C@@H](NC(=O)CCCCCNC(=O)c1cnc(=O)[nH]c1)C(C)C. The van der Waals surface area contributed by atoms with Crippen LogP contribution in [0.15, 0.2) is 17.2 Å². The highest BCUT2D eigenvalue weighted by atomic mass is 16.2. The van der Waals surface area contributed by atoms with E-state index in [-0.39, 0.29) is 42.7 Å². The van der Waals surface area contributed by atoms with Gasteiger partial charge in [-0.1, -0.05) is 20.3 Å². The zero-order chi connectivity index (χ0) is 31.5. The van der Waals surface area contributed by atoms with E-state index in [1.54, 1.807) is 13.8 Å². The van der Waals surface area contributed by atoms with Crippen LogP contribution in [0.3, 0.4) is 0 Å². The summed E-state index contributed by atoms with van der Waals surface area (Å²) in [4.78, 5) is 81.2. The third kappa shape index (κ3) is 15.3. The van der Waals surface area contributed by atoms with E-state index in [1.807, 2.05) is 19.0 Å². The highest BCUT2D eigenvalue weighted by Gasteiger charge is 2.28. The maximum absolute atomic E-state index is 13.2. The zero-order valence-electron chi connectivity index (χ0n) is 25.1. The topological polar surface area (TPSA) is 194 Å². The Morgan fingerprint density at radius 3 is 2.29 bits per heavy atom. The van der Waals surface area contributed by atoms with Gasteiger partial charge >= 0.3 is 5.69 Å². The molecular weight excluding hydrogens is 543 g/mol. The lowest BCUT2D eigenvalue weighted by molar-refractivity contribution is -0.133. The highest BCUT2D eigenvalue weighted by molar-refractivity contribution is 6.10. The highest BCUT2D eigenvalue weighted by Crippen LogP contribution is 2.08. The van der Waals surface area contributed by atoms with E-state index < -0.39 is 35.5 Å². The molecule has 1 aromatic rings. The summed E-state index contributed by atoms with van der Waals surface area (Å²) >= 11 is 0. The molecule has 0 bridgehead atoms. The summed E-state index contributed by atoms with van der Waals surface area (Å²) in [5.74, 6) is -2.29. The molecule has 1 aromatic heterocycles. The Labute approximate surface area is 248 Å². The maximum Gasteiger partial charge on any atom is 0.344 e. The van der Waals surface area contributed by atoms with Crippen molar-refractivity contribution in [2.24, 2.45) is 5.92 Å². The van der Waals surface area contributed by atoms with Crippen LogP contribution in [0.1, 0.15) is 69.2 Å². The van der Waals surface area contributed by atoms with Crippen molar-refractivity contribution in [1.29, 1.82) is 0 Å². The third-order valence-corrected chi connectivity index (χ3v) is 6.27. The van der Waals surface area contributed by atoms with Gasteiger partial charge in [0.1, 0.15) is 12.1 Å². The van der Waals surface area contributed by atoms with Crippen LogP contribution in [0.5, 0.6) is 0 Å². The minimum Gasteiger partial charge on any atom is -0.364 e. The largest absolute Gasteiger partial charge is 0.364 e. The first-order valence-corrected chi connectivity index (χ1v) is 14.3. The second-order valence-corrected chi connectivity index (χ2v) is 10.5. The Balaban J connectivity index is 2.56. The van der Waals surface area contributed by atoms with Crippen LogP contribution in [0.4, 0.5) is 0 Å². The first kappa shape index (κ1) is 36.3. The van der Waals surface area contributed by atoms with Crippen LogP contribution in [0.25, 0.3) is 0 Å². The molecule has 5 amide bonds. The molecule has 0 aliphatic rings. The van der Waals surface area contributed by atoms with E-state index in [4.69, 9.17) is 7.85 Å². The van der Waals surface area contributed by atoms with Crippen LogP contribution in [-0.2, 0) is 19.2 Å². The summed E-state index contributed by atoms with van der Waals surface area (Å²) in [6.45, 7) is 4.55. The zero-order valence-corrected chi connectivity index (χ0v) is 25.1. The summed E-state index contributed by atoms with van der Waals surface area (Å²) in [7, 11) is 9.19. The molecule has 0 fully saturated rings. The molecule has 15 heteroatoms. The van der Waals surface area contributed by atoms with Gasteiger partial charge in [0.05, 0.1) is 20.0 Å². The van der Waals surface area contributed by atoms with Gasteiger partial charge < -0.3 is 36.5 Å². The molecule has 2 atom stereocenters. The van der Waals surface area contributed by atoms with Crippen molar-refractivity contribution < 1.29 is 24.0 Å². The quantitative estimate of drug-likeness (QED) is 0.0805. The first-order chi connectivity index (χ1) is 19.9. The standard InChI is InChI=1S/C27H45BN8O6/c1-18(2)23(35-21(37)11-6-5-8-12-29-24(39)19-14-31-27(42)32-15-19)26(41)34-20(10-7-9-13-36(3)4)25(40)30-16-22(38)33-17-28/h14-15,18,20,23H,5-13,16-17H2,1-4H3,(H,29,39)(H,30,40)(H,33,38)(H,34,41)(H,35,37)(H,31,32,42)/t20-,23-/m0/s1. The molecule has 2 radical (unpaired) electrons. The molecule has 0 spiro atoms. The van der Waals surface area contributed by atoms with Crippen molar-refractivity contribution in [3.8, 4) is 0 Å². The number of H-pyrrole nitrogens is 1. The molecular formula is C27H45BN8O6. The van der Waals surface area contributed by atoms with E-state index in [1.165, 1.54) is 12.4 Å². The first-order valence-electron chi connectivity index (χ1n) is 14.3. The summed E-state index contributed by atoms with van der Waals surface area (Å²) in [6.07, 6.45) is 6.35. The van der Waals surface area contributed by atoms with Gasteiger partial charge in [-0.15, -0.1) is 0 Å². The number of hydrogen-bond donors (Lipinski definition) is 6. The predicted octanol–water partition coefficient (Wildman–Crippen LogP) is -1.22. The van der Waals surface area contributed by atoms with Crippen LogP contribution in [0, 0.1) is 5.92 Å². The van der Waals surface area contributed by atoms with Gasteiger partial charge in [0.25, 0.3) is 5.91 Å². The van der Waals surface area contributed by atoms with Crippen molar-refractivity contribution in [2.45, 2.75) is 70.9 Å². The van der Waals surface area contributed by atoms with Gasteiger partial charge in [-0.05, 0) is 65.1 Å². The summed E-state index contributed by atoms with van der Waals surface area (Å²) < 4.78 is 0. The minimum absolute atomic E-state index is 0.0537. The van der Waals surface area contributed by atoms with Crippen LogP contribution < -0.4 is 32.3 Å². The number of carbonyl (C=O) groups excluding carboxylic acids is 5. The normalized spacial score (nSPS) is 12.3. The van der Waals surface area contributed by atoms with E-state index in [0.29, 0.717) is 38.6 Å². The molecule has 0 saturated heterocycles. The Kier molecular flexibility index (Phi) is 17.4. The second kappa shape index (κ2) is 20.2. The average Bonchev–Trinajstić information content (AvgIpc) is 2.93.